The zero-order valence-corrected chi connectivity index (χ0v) is 15.7. The van der Waals surface area contributed by atoms with E-state index in [-0.39, 0.29) is 12.1 Å². The third-order valence-electron chi connectivity index (χ3n) is 5.09. The number of aromatic nitrogens is 3. The summed E-state index contributed by atoms with van der Waals surface area (Å²) >= 11 is 0. The van der Waals surface area contributed by atoms with Gasteiger partial charge in [0.1, 0.15) is 11.6 Å². The molecule has 7 heteroatoms. The Morgan fingerprint density at radius 3 is 2.52 bits per heavy atom. The van der Waals surface area contributed by atoms with Crippen molar-refractivity contribution in [3.8, 4) is 0 Å². The largest absolute Gasteiger partial charge is 0.353 e. The molecule has 1 saturated heterocycles. The fraction of sp³-hybridized carbons (Fsp3) is 0.350. The summed E-state index contributed by atoms with van der Waals surface area (Å²) in [6.07, 6.45) is 1.80. The van der Waals surface area contributed by atoms with Gasteiger partial charge in [-0.1, -0.05) is 18.2 Å². The molecule has 1 aliphatic heterocycles. The molecule has 1 aromatic carbocycles. The fourth-order valence-corrected chi connectivity index (χ4v) is 3.57. The van der Waals surface area contributed by atoms with Gasteiger partial charge in [-0.05, 0) is 31.2 Å². The maximum Gasteiger partial charge on any atom is 0.318 e. The average Bonchev–Trinajstić information content (AvgIpc) is 3.06. The number of fused-ring (bicyclic) bond motifs is 1. The molecule has 2 amide bonds. The first kappa shape index (κ1) is 17.3. The number of para-hydroxylation sites is 2. The van der Waals surface area contributed by atoms with Crippen LogP contribution in [0.5, 0.6) is 0 Å². The molecule has 0 bridgehead atoms. The van der Waals surface area contributed by atoms with E-state index in [1.54, 1.807) is 6.20 Å². The van der Waals surface area contributed by atoms with Crippen LogP contribution in [0.2, 0.25) is 0 Å². The Morgan fingerprint density at radius 1 is 1.07 bits per heavy atom. The number of rotatable bonds is 3. The maximum atomic E-state index is 12.7. The summed E-state index contributed by atoms with van der Waals surface area (Å²) < 4.78 is 2.04. The second-order valence-electron chi connectivity index (χ2n) is 6.85. The summed E-state index contributed by atoms with van der Waals surface area (Å²) in [5, 5.41) is 3.09. The topological polar surface area (TPSA) is 66.3 Å². The third-order valence-corrected chi connectivity index (χ3v) is 5.09. The first-order chi connectivity index (χ1) is 13.1. The highest BCUT2D eigenvalue weighted by Crippen LogP contribution is 2.19. The molecule has 0 radical (unpaired) electrons. The van der Waals surface area contributed by atoms with Crippen LogP contribution in [0.25, 0.3) is 11.0 Å². The first-order valence-electron chi connectivity index (χ1n) is 9.26. The van der Waals surface area contributed by atoms with Gasteiger partial charge in [-0.15, -0.1) is 0 Å². The molecule has 1 atom stereocenters. The van der Waals surface area contributed by atoms with Gasteiger partial charge in [0.25, 0.3) is 0 Å². The first-order valence-corrected chi connectivity index (χ1v) is 9.26. The zero-order chi connectivity index (χ0) is 18.8. The Labute approximate surface area is 158 Å². The van der Waals surface area contributed by atoms with E-state index in [1.165, 1.54) is 0 Å². The van der Waals surface area contributed by atoms with E-state index in [9.17, 15) is 4.79 Å². The van der Waals surface area contributed by atoms with Gasteiger partial charge >= 0.3 is 6.03 Å². The van der Waals surface area contributed by atoms with Crippen LogP contribution in [-0.2, 0) is 7.05 Å². The SMILES string of the molecule is C[C@H](NC(=O)N1CCN(c2ccccn2)CC1)c1nc2ccccc2n1C. The molecule has 2 aromatic heterocycles. The zero-order valence-electron chi connectivity index (χ0n) is 15.7. The molecule has 27 heavy (non-hydrogen) atoms. The number of urea groups is 1. The highest BCUT2D eigenvalue weighted by molar-refractivity contribution is 5.77. The number of benzene rings is 1. The molecule has 0 saturated carbocycles. The molecule has 1 fully saturated rings. The standard InChI is InChI=1S/C20H24N6O/c1-15(19-23-16-7-3-4-8-17(16)24(19)2)22-20(27)26-13-11-25(12-14-26)18-9-5-6-10-21-18/h3-10,15H,11-14H2,1-2H3,(H,22,27)/t15-/m0/s1. The predicted molar refractivity (Wildman–Crippen MR) is 106 cm³/mol. The Balaban J connectivity index is 1.38. The van der Waals surface area contributed by atoms with Crippen molar-refractivity contribution < 1.29 is 4.79 Å². The molecule has 4 rings (SSSR count). The fourth-order valence-electron chi connectivity index (χ4n) is 3.57. The number of hydrogen-bond donors (Lipinski definition) is 1. The minimum atomic E-state index is -0.163. The number of imidazole rings is 1. The lowest BCUT2D eigenvalue weighted by Crippen LogP contribution is -2.52. The lowest BCUT2D eigenvalue weighted by atomic mass is 10.3. The van der Waals surface area contributed by atoms with Crippen LogP contribution in [0.15, 0.2) is 48.7 Å². The molecule has 1 aliphatic rings. The highest BCUT2D eigenvalue weighted by atomic mass is 16.2. The summed E-state index contributed by atoms with van der Waals surface area (Å²) in [6.45, 7) is 4.90. The van der Waals surface area contributed by atoms with Gasteiger partial charge < -0.3 is 19.7 Å². The van der Waals surface area contributed by atoms with E-state index >= 15 is 0 Å². The molecule has 0 aliphatic carbocycles. The van der Waals surface area contributed by atoms with Gasteiger partial charge in [0.15, 0.2) is 0 Å². The molecule has 7 nitrogen and oxygen atoms in total. The lowest BCUT2D eigenvalue weighted by molar-refractivity contribution is 0.190. The van der Waals surface area contributed by atoms with Crippen LogP contribution in [0.1, 0.15) is 18.8 Å². The van der Waals surface area contributed by atoms with E-state index in [2.05, 4.69) is 20.2 Å². The second kappa shape index (κ2) is 7.26. The summed E-state index contributed by atoms with van der Waals surface area (Å²) in [4.78, 5) is 25.8. The van der Waals surface area contributed by atoms with Gasteiger partial charge in [-0.3, -0.25) is 0 Å². The number of amides is 2. The average molecular weight is 364 g/mol. The smallest absolute Gasteiger partial charge is 0.318 e. The number of nitrogens with one attached hydrogen (secondary N) is 1. The van der Waals surface area contributed by atoms with E-state index < -0.39 is 0 Å². The van der Waals surface area contributed by atoms with Crippen molar-refractivity contribution in [1.29, 1.82) is 0 Å². The van der Waals surface area contributed by atoms with Crippen molar-refractivity contribution >= 4 is 22.9 Å². The molecule has 3 heterocycles. The Morgan fingerprint density at radius 2 is 1.81 bits per heavy atom. The Hall–Kier alpha value is -3.09. The molecule has 0 spiro atoms. The highest BCUT2D eigenvalue weighted by Gasteiger charge is 2.24. The number of carbonyl (C=O) groups is 1. The minimum absolute atomic E-state index is 0.0461. The predicted octanol–water partition coefficient (Wildman–Crippen LogP) is 2.56. The normalized spacial score (nSPS) is 15.8. The molecule has 140 valence electrons. The molecular weight excluding hydrogens is 340 g/mol. The van der Waals surface area contributed by atoms with Crippen molar-refractivity contribution in [1.82, 2.24) is 24.8 Å². The van der Waals surface area contributed by atoms with Gasteiger partial charge in [-0.2, -0.15) is 0 Å². The number of hydrogen-bond acceptors (Lipinski definition) is 4. The number of carbonyl (C=O) groups excluding carboxylic acids is 1. The quantitative estimate of drug-likeness (QED) is 0.776. The van der Waals surface area contributed by atoms with Gasteiger partial charge in [0, 0.05) is 39.4 Å². The summed E-state index contributed by atoms with van der Waals surface area (Å²) in [5.41, 5.74) is 2.01. The van der Waals surface area contributed by atoms with E-state index in [1.807, 2.05) is 65.9 Å². The van der Waals surface area contributed by atoms with Crippen LogP contribution < -0.4 is 10.2 Å². The lowest BCUT2D eigenvalue weighted by Gasteiger charge is -2.35. The van der Waals surface area contributed by atoms with Crippen LogP contribution in [0.3, 0.4) is 0 Å². The number of anilines is 1. The van der Waals surface area contributed by atoms with Crippen molar-refractivity contribution in [3.05, 3.63) is 54.5 Å². The summed E-state index contributed by atoms with van der Waals surface area (Å²) in [6, 6.07) is 13.7. The number of pyridine rings is 1. The molecule has 0 unspecified atom stereocenters. The molecule has 3 aromatic rings. The summed E-state index contributed by atoms with van der Waals surface area (Å²) in [7, 11) is 1.99. The van der Waals surface area contributed by atoms with Gasteiger partial charge in [0.05, 0.1) is 17.1 Å². The maximum absolute atomic E-state index is 12.7. The van der Waals surface area contributed by atoms with Gasteiger partial charge in [-0.25, -0.2) is 14.8 Å². The van der Waals surface area contributed by atoms with Crippen molar-refractivity contribution in [3.63, 3.8) is 0 Å². The van der Waals surface area contributed by atoms with Crippen LogP contribution in [-0.4, -0.2) is 51.6 Å². The number of nitrogens with zero attached hydrogens (tertiary/aromatic N) is 5. The Bertz CT molecular complexity index is 930. The molecular formula is C20H24N6O. The third kappa shape index (κ3) is 3.45. The van der Waals surface area contributed by atoms with Crippen molar-refractivity contribution in [2.24, 2.45) is 7.05 Å². The van der Waals surface area contributed by atoms with Gasteiger partial charge in [0.2, 0.25) is 0 Å². The van der Waals surface area contributed by atoms with E-state index in [0.29, 0.717) is 13.1 Å². The summed E-state index contributed by atoms with van der Waals surface area (Å²) in [5.74, 6) is 1.82. The monoisotopic (exact) mass is 364 g/mol. The van der Waals surface area contributed by atoms with Crippen molar-refractivity contribution in [2.75, 3.05) is 31.1 Å². The van der Waals surface area contributed by atoms with Crippen LogP contribution >= 0.6 is 0 Å². The van der Waals surface area contributed by atoms with E-state index in [4.69, 9.17) is 0 Å². The van der Waals surface area contributed by atoms with Crippen LogP contribution in [0, 0.1) is 0 Å². The Kier molecular flexibility index (Phi) is 4.66. The van der Waals surface area contributed by atoms with Crippen LogP contribution in [0.4, 0.5) is 10.6 Å². The second-order valence-corrected chi connectivity index (χ2v) is 6.85. The molecule has 1 N–H and O–H groups in total. The number of piperazine rings is 1. The number of aryl methyl sites for hydroxylation is 1. The van der Waals surface area contributed by atoms with E-state index in [0.717, 1.165) is 35.8 Å². The minimum Gasteiger partial charge on any atom is -0.353 e. The van der Waals surface area contributed by atoms with Crippen molar-refractivity contribution in [2.45, 2.75) is 13.0 Å².